The molecule has 1 atom stereocenters. The van der Waals surface area contributed by atoms with E-state index in [0.29, 0.717) is 6.54 Å². The summed E-state index contributed by atoms with van der Waals surface area (Å²) in [6.45, 7) is 2.56. The number of alkyl halides is 3. The number of hydrogen-bond donors (Lipinski definition) is 1. The Morgan fingerprint density at radius 3 is 2.55 bits per heavy atom. The van der Waals surface area contributed by atoms with Gasteiger partial charge in [0.2, 0.25) is 0 Å². The van der Waals surface area contributed by atoms with Crippen LogP contribution in [0.15, 0.2) is 35.8 Å². The minimum absolute atomic E-state index is 0.0128. The Balaban J connectivity index is 1.91. The molecule has 108 valence electrons. The number of benzene rings is 1. The van der Waals surface area contributed by atoms with Crippen molar-refractivity contribution in [1.82, 2.24) is 10.3 Å². The number of hydrogen-bond acceptors (Lipinski definition) is 4. The maximum atomic E-state index is 12.0. The van der Waals surface area contributed by atoms with Crippen molar-refractivity contribution in [1.29, 1.82) is 0 Å². The standard InChI is InChI=1S/C13H13F3N2OS/c1-9(18-8-12-17-6-7-20-12)10-2-4-11(5-3-10)19-13(14,15)16/h2-7,9,18H,8H2,1H3. The maximum Gasteiger partial charge on any atom is 0.573 e. The Kier molecular flexibility index (Phi) is 4.61. The van der Waals surface area contributed by atoms with Gasteiger partial charge in [0.15, 0.2) is 0 Å². The zero-order chi connectivity index (χ0) is 14.6. The van der Waals surface area contributed by atoms with E-state index in [1.807, 2.05) is 12.3 Å². The first-order chi connectivity index (χ1) is 9.44. The minimum atomic E-state index is -4.66. The quantitative estimate of drug-likeness (QED) is 0.909. The van der Waals surface area contributed by atoms with Gasteiger partial charge in [0.25, 0.3) is 0 Å². The van der Waals surface area contributed by atoms with E-state index in [9.17, 15) is 13.2 Å². The molecule has 0 aliphatic rings. The van der Waals surface area contributed by atoms with E-state index < -0.39 is 6.36 Å². The topological polar surface area (TPSA) is 34.2 Å². The minimum Gasteiger partial charge on any atom is -0.406 e. The lowest BCUT2D eigenvalue weighted by Gasteiger charge is -2.14. The molecule has 2 rings (SSSR count). The van der Waals surface area contributed by atoms with Crippen LogP contribution >= 0.6 is 11.3 Å². The van der Waals surface area contributed by atoms with Crippen molar-refractivity contribution in [3.05, 3.63) is 46.4 Å². The number of ether oxygens (including phenoxy) is 1. The van der Waals surface area contributed by atoms with Crippen LogP contribution < -0.4 is 10.1 Å². The second-order valence-electron chi connectivity index (χ2n) is 4.15. The number of aromatic nitrogens is 1. The molecule has 0 bridgehead atoms. The van der Waals surface area contributed by atoms with Gasteiger partial charge in [-0.25, -0.2) is 4.98 Å². The lowest BCUT2D eigenvalue weighted by Crippen LogP contribution is -2.19. The Labute approximate surface area is 118 Å². The van der Waals surface area contributed by atoms with Gasteiger partial charge in [0.05, 0.1) is 0 Å². The van der Waals surface area contributed by atoms with Crippen molar-refractivity contribution in [2.24, 2.45) is 0 Å². The first-order valence-corrected chi connectivity index (χ1v) is 6.79. The van der Waals surface area contributed by atoms with Gasteiger partial charge in [-0.05, 0) is 24.6 Å². The van der Waals surface area contributed by atoms with Crippen LogP contribution in [-0.4, -0.2) is 11.3 Å². The number of thiazole rings is 1. The number of rotatable bonds is 5. The first-order valence-electron chi connectivity index (χ1n) is 5.91. The third-order valence-electron chi connectivity index (χ3n) is 2.66. The Hall–Kier alpha value is -1.60. The lowest BCUT2D eigenvalue weighted by atomic mass is 10.1. The molecule has 1 heterocycles. The van der Waals surface area contributed by atoms with Crippen molar-refractivity contribution in [2.75, 3.05) is 0 Å². The van der Waals surface area contributed by atoms with Gasteiger partial charge < -0.3 is 10.1 Å². The predicted molar refractivity (Wildman–Crippen MR) is 70.5 cm³/mol. The van der Waals surface area contributed by atoms with Crippen LogP contribution in [0.1, 0.15) is 23.5 Å². The summed E-state index contributed by atoms with van der Waals surface area (Å²) in [6.07, 6.45) is -2.92. The zero-order valence-corrected chi connectivity index (χ0v) is 11.5. The molecule has 0 amide bonds. The highest BCUT2D eigenvalue weighted by Gasteiger charge is 2.30. The molecule has 20 heavy (non-hydrogen) atoms. The second kappa shape index (κ2) is 6.23. The molecule has 0 aliphatic heterocycles. The molecule has 0 spiro atoms. The average molecular weight is 302 g/mol. The van der Waals surface area contributed by atoms with E-state index in [4.69, 9.17) is 0 Å². The molecule has 0 radical (unpaired) electrons. The molecule has 1 aromatic heterocycles. The van der Waals surface area contributed by atoms with Gasteiger partial charge in [-0.1, -0.05) is 12.1 Å². The van der Waals surface area contributed by atoms with Crippen molar-refractivity contribution in [3.63, 3.8) is 0 Å². The normalized spacial score (nSPS) is 13.2. The molecule has 0 saturated carbocycles. The molecular weight excluding hydrogens is 289 g/mol. The molecule has 0 aliphatic carbocycles. The average Bonchev–Trinajstić information content (AvgIpc) is 2.88. The summed E-state index contributed by atoms with van der Waals surface area (Å²) < 4.78 is 39.9. The Bertz CT molecular complexity index is 526. The third kappa shape index (κ3) is 4.50. The Morgan fingerprint density at radius 1 is 1.30 bits per heavy atom. The highest BCUT2D eigenvalue weighted by Crippen LogP contribution is 2.24. The van der Waals surface area contributed by atoms with Crippen LogP contribution in [0.4, 0.5) is 13.2 Å². The summed E-state index contributed by atoms with van der Waals surface area (Å²) in [5.41, 5.74) is 0.885. The summed E-state index contributed by atoms with van der Waals surface area (Å²) in [5, 5.41) is 6.11. The highest BCUT2D eigenvalue weighted by molar-refractivity contribution is 7.09. The van der Waals surface area contributed by atoms with E-state index in [-0.39, 0.29) is 11.8 Å². The molecule has 3 nitrogen and oxygen atoms in total. The number of halogens is 3. The van der Waals surface area contributed by atoms with Crippen LogP contribution in [0.25, 0.3) is 0 Å². The molecule has 1 unspecified atom stereocenters. The van der Waals surface area contributed by atoms with Crippen molar-refractivity contribution in [2.45, 2.75) is 25.9 Å². The monoisotopic (exact) mass is 302 g/mol. The lowest BCUT2D eigenvalue weighted by molar-refractivity contribution is -0.274. The summed E-state index contributed by atoms with van der Waals surface area (Å²) in [4.78, 5) is 4.15. The van der Waals surface area contributed by atoms with Gasteiger partial charge in [-0.3, -0.25) is 0 Å². The number of nitrogens with one attached hydrogen (secondary N) is 1. The van der Waals surface area contributed by atoms with Gasteiger partial charge in [0, 0.05) is 24.2 Å². The first kappa shape index (κ1) is 14.8. The molecule has 7 heteroatoms. The number of nitrogens with zero attached hydrogens (tertiary/aromatic N) is 1. The summed E-state index contributed by atoms with van der Waals surface area (Å²) >= 11 is 1.55. The van der Waals surface area contributed by atoms with E-state index in [0.717, 1.165) is 10.6 Å². The largest absolute Gasteiger partial charge is 0.573 e. The van der Waals surface area contributed by atoms with Gasteiger partial charge in [-0.2, -0.15) is 0 Å². The molecule has 2 aromatic rings. The molecule has 0 saturated heterocycles. The van der Waals surface area contributed by atoms with Crippen molar-refractivity contribution >= 4 is 11.3 Å². The fraction of sp³-hybridized carbons (Fsp3) is 0.308. The molecule has 1 N–H and O–H groups in total. The van der Waals surface area contributed by atoms with Crippen molar-refractivity contribution < 1.29 is 17.9 Å². The van der Waals surface area contributed by atoms with E-state index >= 15 is 0 Å². The molecule has 0 fully saturated rings. The zero-order valence-electron chi connectivity index (χ0n) is 10.6. The van der Waals surface area contributed by atoms with E-state index in [1.165, 1.54) is 12.1 Å². The smallest absolute Gasteiger partial charge is 0.406 e. The van der Waals surface area contributed by atoms with Crippen LogP contribution in [0, 0.1) is 0 Å². The van der Waals surface area contributed by atoms with E-state index in [1.54, 1.807) is 29.7 Å². The third-order valence-corrected chi connectivity index (χ3v) is 3.44. The maximum absolute atomic E-state index is 12.0. The van der Waals surface area contributed by atoms with Crippen molar-refractivity contribution in [3.8, 4) is 5.75 Å². The fourth-order valence-corrected chi connectivity index (χ4v) is 2.22. The van der Waals surface area contributed by atoms with Gasteiger partial charge >= 0.3 is 6.36 Å². The predicted octanol–water partition coefficient (Wildman–Crippen LogP) is 3.89. The SMILES string of the molecule is CC(NCc1nccs1)c1ccc(OC(F)(F)F)cc1. The summed E-state index contributed by atoms with van der Waals surface area (Å²) in [7, 11) is 0. The summed E-state index contributed by atoms with van der Waals surface area (Å²) in [6, 6.07) is 5.86. The Morgan fingerprint density at radius 2 is 2.00 bits per heavy atom. The van der Waals surface area contributed by atoms with Crippen LogP contribution in [0.2, 0.25) is 0 Å². The van der Waals surface area contributed by atoms with Gasteiger partial charge in [-0.15, -0.1) is 24.5 Å². The van der Waals surface area contributed by atoms with Crippen LogP contribution in [0.3, 0.4) is 0 Å². The second-order valence-corrected chi connectivity index (χ2v) is 5.12. The summed E-state index contributed by atoms with van der Waals surface area (Å²) in [5.74, 6) is -0.214. The van der Waals surface area contributed by atoms with Gasteiger partial charge in [0.1, 0.15) is 10.8 Å². The highest BCUT2D eigenvalue weighted by atomic mass is 32.1. The fourth-order valence-electron chi connectivity index (χ4n) is 1.66. The van der Waals surface area contributed by atoms with E-state index in [2.05, 4.69) is 15.0 Å². The van der Waals surface area contributed by atoms with Crippen LogP contribution in [-0.2, 0) is 6.54 Å². The molecular formula is C13H13F3N2OS. The van der Waals surface area contributed by atoms with Crippen LogP contribution in [0.5, 0.6) is 5.75 Å². The molecule has 1 aromatic carbocycles.